The predicted octanol–water partition coefficient (Wildman–Crippen LogP) is 1.53. The summed E-state index contributed by atoms with van der Waals surface area (Å²) in [4.78, 5) is 3.64. The van der Waals surface area contributed by atoms with Crippen LogP contribution < -0.4 is 0 Å². The van der Waals surface area contributed by atoms with Crippen LogP contribution in [0.4, 0.5) is 0 Å². The predicted molar refractivity (Wildman–Crippen MR) is 28.1 cm³/mol. The molecule has 0 fully saturated rings. The number of pyridine rings is 1. The van der Waals surface area contributed by atoms with E-state index in [0.29, 0.717) is 5.02 Å². The van der Waals surface area contributed by atoms with Gasteiger partial charge in [0.15, 0.2) is 0 Å². The summed E-state index contributed by atoms with van der Waals surface area (Å²) in [5.74, 6) is 0. The number of hydrogen-bond acceptors (Lipinski definition) is 1. The Morgan fingerprint density at radius 1 is 1.62 bits per heavy atom. The van der Waals surface area contributed by atoms with E-state index >= 15 is 0 Å². The van der Waals surface area contributed by atoms with Crippen LogP contribution in [0.1, 0.15) is 0 Å². The standard InChI is InChI=1S/C5H3ClN.W/c6-5-1-3-7-4-2-5;/h1-3H;/q-1;+2. The molecule has 0 radical (unpaired) electrons. The van der Waals surface area contributed by atoms with E-state index < -0.39 is 0 Å². The van der Waals surface area contributed by atoms with Crippen LogP contribution in [0.5, 0.6) is 0 Å². The maximum atomic E-state index is 5.47. The van der Waals surface area contributed by atoms with Gasteiger partial charge in [0.05, 0.1) is 0 Å². The first kappa shape index (κ1) is 8.13. The summed E-state index contributed by atoms with van der Waals surface area (Å²) in [5, 5.41) is 0.676. The molecule has 0 bridgehead atoms. The summed E-state index contributed by atoms with van der Waals surface area (Å²) >= 11 is 5.47. The van der Waals surface area contributed by atoms with Gasteiger partial charge < -0.3 is 4.98 Å². The Labute approximate surface area is 67.3 Å². The summed E-state index contributed by atoms with van der Waals surface area (Å²) in [5.41, 5.74) is 0. The monoisotopic (exact) mass is 296 g/mol. The number of nitrogens with zero attached hydrogens (tertiary/aromatic N) is 1. The fourth-order valence-electron chi connectivity index (χ4n) is 0.299. The SMILES string of the molecule is Clc1c[c-]ncc1.[W+2]. The van der Waals surface area contributed by atoms with Crippen molar-refractivity contribution >= 4 is 11.6 Å². The summed E-state index contributed by atoms with van der Waals surface area (Å²) in [6.07, 6.45) is 4.18. The van der Waals surface area contributed by atoms with E-state index in [0.717, 1.165) is 0 Å². The van der Waals surface area contributed by atoms with Gasteiger partial charge in [0.25, 0.3) is 0 Å². The minimum absolute atomic E-state index is 0. The van der Waals surface area contributed by atoms with Crippen LogP contribution in [0, 0.1) is 6.20 Å². The summed E-state index contributed by atoms with van der Waals surface area (Å²) < 4.78 is 0. The molecule has 0 amide bonds. The fourth-order valence-corrected chi connectivity index (χ4v) is 0.404. The second kappa shape index (κ2) is 4.05. The van der Waals surface area contributed by atoms with Gasteiger partial charge in [0, 0.05) is 0 Å². The Morgan fingerprint density at radius 2 is 2.38 bits per heavy atom. The molecule has 1 aromatic heterocycles. The van der Waals surface area contributed by atoms with E-state index in [1.165, 1.54) is 0 Å². The van der Waals surface area contributed by atoms with E-state index in [9.17, 15) is 0 Å². The Kier molecular flexibility index (Phi) is 4.12. The first-order chi connectivity index (χ1) is 3.39. The zero-order valence-corrected chi connectivity index (χ0v) is 7.65. The quantitative estimate of drug-likeness (QED) is 0.662. The van der Waals surface area contributed by atoms with Gasteiger partial charge >= 0.3 is 21.1 Å². The van der Waals surface area contributed by atoms with Crippen LogP contribution in [0.25, 0.3) is 0 Å². The van der Waals surface area contributed by atoms with Gasteiger partial charge in [-0.1, -0.05) is 17.4 Å². The minimum atomic E-state index is 0. The largest absolute Gasteiger partial charge is 2.00 e. The molecule has 0 saturated heterocycles. The van der Waals surface area contributed by atoms with Crippen LogP contribution in [-0.2, 0) is 21.1 Å². The molecule has 40 valence electrons. The molecule has 0 aromatic carbocycles. The van der Waals surface area contributed by atoms with Gasteiger partial charge in [-0.3, -0.25) is 0 Å². The van der Waals surface area contributed by atoms with Crippen molar-refractivity contribution in [1.82, 2.24) is 4.98 Å². The molecule has 0 spiro atoms. The molecule has 3 heteroatoms. The molecule has 0 unspecified atom stereocenters. The molecule has 8 heavy (non-hydrogen) atoms. The second-order valence-electron chi connectivity index (χ2n) is 1.10. The molecular weight excluding hydrogens is 293 g/mol. The van der Waals surface area contributed by atoms with Crippen LogP contribution in [0.15, 0.2) is 18.3 Å². The molecule has 1 heterocycles. The van der Waals surface area contributed by atoms with Crippen LogP contribution >= 0.6 is 11.6 Å². The Hall–Kier alpha value is 0.128. The van der Waals surface area contributed by atoms with E-state index in [4.69, 9.17) is 11.6 Å². The van der Waals surface area contributed by atoms with Gasteiger partial charge in [-0.25, -0.2) is 0 Å². The third kappa shape index (κ3) is 2.44. The molecule has 0 N–H and O–H groups in total. The van der Waals surface area contributed by atoms with Crippen molar-refractivity contribution in [2.75, 3.05) is 0 Å². The number of rotatable bonds is 0. The van der Waals surface area contributed by atoms with Crippen molar-refractivity contribution in [2.45, 2.75) is 0 Å². The van der Waals surface area contributed by atoms with Gasteiger partial charge in [-0.05, 0) is 0 Å². The molecule has 0 aliphatic heterocycles. The van der Waals surface area contributed by atoms with Crippen molar-refractivity contribution in [2.24, 2.45) is 0 Å². The summed E-state index contributed by atoms with van der Waals surface area (Å²) in [7, 11) is 0. The van der Waals surface area contributed by atoms with E-state index in [1.54, 1.807) is 18.3 Å². The second-order valence-corrected chi connectivity index (χ2v) is 1.54. The summed E-state index contributed by atoms with van der Waals surface area (Å²) in [6, 6.07) is 3.32. The Morgan fingerprint density at radius 3 is 2.62 bits per heavy atom. The van der Waals surface area contributed by atoms with E-state index in [2.05, 4.69) is 11.2 Å². The molecule has 1 rings (SSSR count). The van der Waals surface area contributed by atoms with Crippen LogP contribution in [0.3, 0.4) is 0 Å². The molecule has 0 saturated carbocycles. The van der Waals surface area contributed by atoms with E-state index in [1.807, 2.05) is 0 Å². The average Bonchev–Trinajstić information content (AvgIpc) is 1.69. The molecule has 1 nitrogen and oxygen atoms in total. The van der Waals surface area contributed by atoms with Crippen molar-refractivity contribution in [3.8, 4) is 0 Å². The Bertz CT molecular complexity index is 142. The van der Waals surface area contributed by atoms with Crippen molar-refractivity contribution in [3.05, 3.63) is 29.5 Å². The summed E-state index contributed by atoms with van der Waals surface area (Å²) in [6.45, 7) is 0. The van der Waals surface area contributed by atoms with Gasteiger partial charge in [-0.15, -0.1) is 12.1 Å². The van der Waals surface area contributed by atoms with Crippen LogP contribution in [-0.4, -0.2) is 4.98 Å². The smallest absolute Gasteiger partial charge is 0.394 e. The van der Waals surface area contributed by atoms with Crippen molar-refractivity contribution in [3.63, 3.8) is 0 Å². The zero-order chi connectivity index (χ0) is 5.11. The topological polar surface area (TPSA) is 12.9 Å². The Balaban J connectivity index is 0.000000490. The molecule has 1 aromatic rings. The average molecular weight is 296 g/mol. The number of aromatic nitrogens is 1. The van der Waals surface area contributed by atoms with Gasteiger partial charge in [-0.2, -0.15) is 11.6 Å². The minimum Gasteiger partial charge on any atom is -0.394 e. The van der Waals surface area contributed by atoms with Crippen LogP contribution in [0.2, 0.25) is 5.02 Å². The maximum Gasteiger partial charge on any atom is 2.00 e. The van der Waals surface area contributed by atoms with Gasteiger partial charge in [0.2, 0.25) is 0 Å². The van der Waals surface area contributed by atoms with Gasteiger partial charge in [0.1, 0.15) is 0 Å². The fraction of sp³-hybridized carbons (Fsp3) is 0. The maximum absolute atomic E-state index is 5.47. The molecule has 0 atom stereocenters. The molecule has 0 aliphatic carbocycles. The first-order valence-electron chi connectivity index (χ1n) is 1.87. The first-order valence-corrected chi connectivity index (χ1v) is 2.25. The van der Waals surface area contributed by atoms with Crippen molar-refractivity contribution < 1.29 is 21.1 Å². The third-order valence-corrected chi connectivity index (χ3v) is 0.820. The molecular formula is C5H3ClNW+. The normalized spacial score (nSPS) is 7.62. The third-order valence-electron chi connectivity index (χ3n) is 0.585. The van der Waals surface area contributed by atoms with Crippen molar-refractivity contribution in [1.29, 1.82) is 0 Å². The number of hydrogen-bond donors (Lipinski definition) is 0. The van der Waals surface area contributed by atoms with E-state index in [-0.39, 0.29) is 21.1 Å². The molecule has 0 aliphatic rings. The number of halogens is 1. The zero-order valence-electron chi connectivity index (χ0n) is 3.97.